The second-order valence-electron chi connectivity index (χ2n) is 8.29. The molecule has 5 nitrogen and oxygen atoms in total. The lowest BCUT2D eigenvalue weighted by molar-refractivity contribution is -0.140. The lowest BCUT2D eigenvalue weighted by atomic mass is 10.0. The van der Waals surface area contributed by atoms with E-state index in [0.717, 1.165) is 22.3 Å². The van der Waals surface area contributed by atoms with Crippen LogP contribution >= 0.6 is 0 Å². The summed E-state index contributed by atoms with van der Waals surface area (Å²) in [5.41, 5.74) is 5.18. The zero-order valence-corrected chi connectivity index (χ0v) is 19.8. The minimum atomic E-state index is -0.636. The summed E-state index contributed by atoms with van der Waals surface area (Å²) < 4.78 is 5.36. The maximum atomic E-state index is 13.6. The van der Waals surface area contributed by atoms with E-state index in [1.807, 2.05) is 79.7 Å². The molecule has 0 bridgehead atoms. The molecule has 3 rings (SSSR count). The Balaban J connectivity index is 1.96. The number of nitrogens with one attached hydrogen (secondary N) is 1. The zero-order chi connectivity index (χ0) is 23.8. The van der Waals surface area contributed by atoms with E-state index in [0.29, 0.717) is 18.7 Å². The van der Waals surface area contributed by atoms with Gasteiger partial charge in [0.05, 0.1) is 13.5 Å². The molecule has 0 aromatic heterocycles. The van der Waals surface area contributed by atoms with Crippen molar-refractivity contribution in [2.24, 2.45) is 0 Å². The van der Waals surface area contributed by atoms with Gasteiger partial charge in [-0.2, -0.15) is 0 Å². The van der Waals surface area contributed by atoms with Gasteiger partial charge < -0.3 is 15.0 Å². The fourth-order valence-electron chi connectivity index (χ4n) is 3.88. The number of benzene rings is 3. The molecule has 33 heavy (non-hydrogen) atoms. The van der Waals surface area contributed by atoms with E-state index in [1.165, 1.54) is 5.56 Å². The van der Waals surface area contributed by atoms with Crippen LogP contribution in [-0.4, -0.2) is 36.9 Å². The monoisotopic (exact) mass is 444 g/mol. The minimum Gasteiger partial charge on any atom is -0.497 e. The van der Waals surface area contributed by atoms with Crippen molar-refractivity contribution < 1.29 is 14.3 Å². The second-order valence-corrected chi connectivity index (χ2v) is 8.29. The Morgan fingerprint density at radius 2 is 1.61 bits per heavy atom. The molecule has 5 heteroatoms. The van der Waals surface area contributed by atoms with E-state index in [9.17, 15) is 9.59 Å². The fourth-order valence-corrected chi connectivity index (χ4v) is 3.88. The molecule has 3 aromatic rings. The lowest BCUT2D eigenvalue weighted by Gasteiger charge is -2.31. The zero-order valence-electron chi connectivity index (χ0n) is 19.8. The molecule has 0 radical (unpaired) electrons. The highest BCUT2D eigenvalue weighted by molar-refractivity contribution is 5.88. The van der Waals surface area contributed by atoms with Gasteiger partial charge in [-0.25, -0.2) is 0 Å². The summed E-state index contributed by atoms with van der Waals surface area (Å²) in [6, 6.07) is 22.8. The number of nitrogens with zero attached hydrogens (tertiary/aromatic N) is 1. The van der Waals surface area contributed by atoms with Crippen molar-refractivity contribution in [2.45, 2.75) is 39.3 Å². The summed E-state index contributed by atoms with van der Waals surface area (Å²) in [7, 11) is 3.22. The van der Waals surface area contributed by atoms with Crippen LogP contribution in [0.15, 0.2) is 72.8 Å². The van der Waals surface area contributed by atoms with Gasteiger partial charge in [-0.15, -0.1) is 0 Å². The maximum absolute atomic E-state index is 13.6. The first-order chi connectivity index (χ1) is 15.9. The summed E-state index contributed by atoms with van der Waals surface area (Å²) in [4.78, 5) is 28.3. The maximum Gasteiger partial charge on any atom is 0.242 e. The number of methoxy groups -OCH3 is 1. The highest BCUT2D eigenvalue weighted by Gasteiger charge is 2.30. The van der Waals surface area contributed by atoms with Gasteiger partial charge in [-0.05, 0) is 53.8 Å². The van der Waals surface area contributed by atoms with E-state index >= 15 is 0 Å². The second kappa shape index (κ2) is 11.3. The fraction of sp³-hybridized carbons (Fsp3) is 0.286. The van der Waals surface area contributed by atoms with Crippen molar-refractivity contribution in [3.8, 4) is 5.75 Å². The molecule has 0 fully saturated rings. The van der Waals surface area contributed by atoms with Crippen LogP contribution in [0.3, 0.4) is 0 Å². The Bertz CT molecular complexity index is 1100. The molecule has 172 valence electrons. The molecule has 1 atom stereocenters. The van der Waals surface area contributed by atoms with Gasteiger partial charge >= 0.3 is 0 Å². The average Bonchev–Trinajstić information content (AvgIpc) is 2.83. The van der Waals surface area contributed by atoms with Crippen LogP contribution in [0.5, 0.6) is 5.75 Å². The van der Waals surface area contributed by atoms with Crippen LogP contribution in [0, 0.1) is 13.8 Å². The van der Waals surface area contributed by atoms with Gasteiger partial charge in [0, 0.05) is 20.0 Å². The molecule has 0 spiro atoms. The highest BCUT2D eigenvalue weighted by Crippen LogP contribution is 2.20. The normalized spacial score (nSPS) is 11.5. The highest BCUT2D eigenvalue weighted by atomic mass is 16.5. The molecule has 0 unspecified atom stereocenters. The lowest BCUT2D eigenvalue weighted by Crippen LogP contribution is -2.50. The predicted octanol–water partition coefficient (Wildman–Crippen LogP) is 4.24. The molecule has 0 aliphatic rings. The van der Waals surface area contributed by atoms with Crippen LogP contribution in [-0.2, 0) is 29.0 Å². The van der Waals surface area contributed by atoms with Gasteiger partial charge in [0.25, 0.3) is 0 Å². The van der Waals surface area contributed by atoms with Gasteiger partial charge in [0.2, 0.25) is 11.8 Å². The number of carbonyl (C=O) groups is 2. The SMILES string of the molecule is CNC(=O)[C@H](Cc1ccccc1)N(Cc1cccc(OC)c1)C(=O)Cc1ccc(C)c(C)c1. The quantitative estimate of drug-likeness (QED) is 0.537. The van der Waals surface area contributed by atoms with Crippen LogP contribution < -0.4 is 10.1 Å². The van der Waals surface area contributed by atoms with Crippen molar-refractivity contribution in [1.82, 2.24) is 10.2 Å². The molecule has 0 aliphatic heterocycles. The average molecular weight is 445 g/mol. The molecule has 3 aromatic carbocycles. The molecule has 2 amide bonds. The number of hydrogen-bond donors (Lipinski definition) is 1. The third-order valence-electron chi connectivity index (χ3n) is 5.93. The van der Waals surface area contributed by atoms with Gasteiger partial charge in [0.1, 0.15) is 11.8 Å². The van der Waals surface area contributed by atoms with Gasteiger partial charge in [0.15, 0.2) is 0 Å². The first-order valence-corrected chi connectivity index (χ1v) is 11.1. The van der Waals surface area contributed by atoms with Crippen LogP contribution in [0.4, 0.5) is 0 Å². The topological polar surface area (TPSA) is 58.6 Å². The largest absolute Gasteiger partial charge is 0.497 e. The Morgan fingerprint density at radius 3 is 2.27 bits per heavy atom. The molecule has 0 heterocycles. The predicted molar refractivity (Wildman–Crippen MR) is 131 cm³/mol. The number of amides is 2. The van der Waals surface area contributed by atoms with Crippen molar-refractivity contribution in [2.75, 3.05) is 14.2 Å². The van der Waals surface area contributed by atoms with Crippen molar-refractivity contribution in [1.29, 1.82) is 0 Å². The van der Waals surface area contributed by atoms with E-state index in [-0.39, 0.29) is 18.2 Å². The van der Waals surface area contributed by atoms with Crippen molar-refractivity contribution in [3.63, 3.8) is 0 Å². The number of carbonyl (C=O) groups excluding carboxylic acids is 2. The number of hydrogen-bond acceptors (Lipinski definition) is 3. The van der Waals surface area contributed by atoms with Crippen LogP contribution in [0.2, 0.25) is 0 Å². The Morgan fingerprint density at radius 1 is 0.879 bits per heavy atom. The summed E-state index contributed by atoms with van der Waals surface area (Å²) in [6.45, 7) is 4.41. The standard InChI is InChI=1S/C28H32N2O3/c1-20-13-14-23(15-21(20)2)18-27(31)30(19-24-11-8-12-25(16-24)33-4)26(28(32)29-3)17-22-9-6-5-7-10-22/h5-16,26H,17-19H2,1-4H3,(H,29,32)/t26-/m0/s1. The van der Waals surface area contributed by atoms with E-state index in [1.54, 1.807) is 19.1 Å². The Kier molecular flexibility index (Phi) is 8.25. The van der Waals surface area contributed by atoms with E-state index in [4.69, 9.17) is 4.74 Å². The Labute approximate surface area is 196 Å². The molecule has 1 N–H and O–H groups in total. The molecular formula is C28H32N2O3. The van der Waals surface area contributed by atoms with E-state index in [2.05, 4.69) is 12.2 Å². The molecule has 0 saturated carbocycles. The van der Waals surface area contributed by atoms with E-state index < -0.39 is 6.04 Å². The summed E-state index contributed by atoms with van der Waals surface area (Å²) in [6.07, 6.45) is 0.663. The number of rotatable bonds is 9. The third kappa shape index (κ3) is 6.45. The molecule has 0 saturated heterocycles. The summed E-state index contributed by atoms with van der Waals surface area (Å²) >= 11 is 0. The molecule has 0 aliphatic carbocycles. The van der Waals surface area contributed by atoms with Crippen LogP contribution in [0.1, 0.15) is 27.8 Å². The smallest absolute Gasteiger partial charge is 0.242 e. The first-order valence-electron chi connectivity index (χ1n) is 11.1. The number of aryl methyl sites for hydroxylation is 2. The number of ether oxygens (including phenoxy) is 1. The number of likely N-dealkylation sites (N-methyl/N-ethyl adjacent to an activating group) is 1. The van der Waals surface area contributed by atoms with Crippen molar-refractivity contribution in [3.05, 3.63) is 101 Å². The van der Waals surface area contributed by atoms with Gasteiger partial charge in [-0.1, -0.05) is 60.7 Å². The summed E-state index contributed by atoms with van der Waals surface area (Å²) in [5, 5.41) is 2.75. The molecular weight excluding hydrogens is 412 g/mol. The van der Waals surface area contributed by atoms with Crippen molar-refractivity contribution >= 4 is 11.8 Å². The first kappa shape index (κ1) is 24.1. The van der Waals surface area contributed by atoms with Gasteiger partial charge in [-0.3, -0.25) is 9.59 Å². The third-order valence-corrected chi connectivity index (χ3v) is 5.93. The van der Waals surface area contributed by atoms with Crippen LogP contribution in [0.25, 0.3) is 0 Å². The Hall–Kier alpha value is -3.60. The summed E-state index contributed by atoms with van der Waals surface area (Å²) in [5.74, 6) is 0.439. The minimum absolute atomic E-state index is 0.0920.